The van der Waals surface area contributed by atoms with Gasteiger partial charge in [0.25, 0.3) is 5.91 Å². The van der Waals surface area contributed by atoms with Crippen LogP contribution in [-0.4, -0.2) is 17.0 Å². The maximum atomic E-state index is 12.7. The second kappa shape index (κ2) is 11.2. The van der Waals surface area contributed by atoms with Crippen molar-refractivity contribution in [3.05, 3.63) is 126 Å². The quantitative estimate of drug-likeness (QED) is 0.306. The highest BCUT2D eigenvalue weighted by Crippen LogP contribution is 2.24. The fourth-order valence-corrected chi connectivity index (χ4v) is 3.61. The zero-order chi connectivity index (χ0) is 23.8. The summed E-state index contributed by atoms with van der Waals surface area (Å²) in [6, 6.07) is 27.1. The summed E-state index contributed by atoms with van der Waals surface area (Å²) in [5.41, 5.74) is 3.64. The fourth-order valence-electron chi connectivity index (χ4n) is 3.40. The van der Waals surface area contributed by atoms with E-state index in [9.17, 15) is 9.59 Å². The van der Waals surface area contributed by atoms with Gasteiger partial charge in [-0.05, 0) is 41.5 Å². The van der Waals surface area contributed by atoms with E-state index in [2.05, 4.69) is 28.2 Å². The van der Waals surface area contributed by atoms with E-state index < -0.39 is 12.1 Å². The molecule has 2 amide bonds. The van der Waals surface area contributed by atoms with E-state index in [1.54, 1.807) is 36.7 Å². The van der Waals surface area contributed by atoms with Crippen molar-refractivity contribution in [2.45, 2.75) is 17.5 Å². The molecule has 7 heteroatoms. The first-order chi connectivity index (χ1) is 16.6. The lowest BCUT2D eigenvalue weighted by molar-refractivity contribution is 0.102. The average Bonchev–Trinajstić information content (AvgIpc) is 2.88. The first-order valence-corrected chi connectivity index (χ1v) is 11.1. The van der Waals surface area contributed by atoms with Crippen molar-refractivity contribution in [2.75, 3.05) is 5.32 Å². The summed E-state index contributed by atoms with van der Waals surface area (Å²) >= 11 is 4.37. The van der Waals surface area contributed by atoms with Crippen LogP contribution in [0.3, 0.4) is 0 Å². The van der Waals surface area contributed by atoms with Gasteiger partial charge in [0.15, 0.2) is 0 Å². The van der Waals surface area contributed by atoms with E-state index in [1.165, 1.54) is 0 Å². The lowest BCUT2D eigenvalue weighted by Crippen LogP contribution is -2.30. The predicted octanol–water partition coefficient (Wildman–Crippen LogP) is 5.64. The molecule has 0 fully saturated rings. The Hall–Kier alpha value is -4.10. The number of anilines is 1. The Labute approximate surface area is 203 Å². The molecular formula is C27H23N3O3S. The monoisotopic (exact) mass is 469 g/mol. The maximum Gasteiger partial charge on any atom is 0.408 e. The number of benzene rings is 3. The molecule has 0 aliphatic carbocycles. The van der Waals surface area contributed by atoms with Crippen molar-refractivity contribution in [1.82, 2.24) is 10.3 Å². The van der Waals surface area contributed by atoms with Crippen LogP contribution < -0.4 is 10.6 Å². The fraction of sp³-hybridized carbons (Fsp3) is 0.0741. The maximum absolute atomic E-state index is 12.7. The third kappa shape index (κ3) is 6.02. The number of carbonyl (C=O) groups excluding carboxylic acids is 2. The van der Waals surface area contributed by atoms with E-state index in [0.717, 1.165) is 16.7 Å². The van der Waals surface area contributed by atoms with Crippen LogP contribution in [-0.2, 0) is 11.3 Å². The topological polar surface area (TPSA) is 80.3 Å². The number of thiol groups is 1. The highest BCUT2D eigenvalue weighted by Gasteiger charge is 2.18. The standard InChI is InChI=1S/C27H23N3O3S/c31-26(29-23-10-4-5-11-24(23)34)22-14-12-21(13-15-22)25(20-8-2-1-3-9-20)30-27(32)33-18-19-7-6-16-28-17-19/h1-17,25,34H,18H2,(H,29,31)(H,30,32)/t25-/m0/s1. The second-order valence-corrected chi connectivity index (χ2v) is 8.00. The molecule has 0 radical (unpaired) electrons. The Morgan fingerprint density at radius 2 is 1.56 bits per heavy atom. The van der Waals surface area contributed by atoms with E-state index in [4.69, 9.17) is 4.74 Å². The zero-order valence-corrected chi connectivity index (χ0v) is 19.1. The molecular weight excluding hydrogens is 446 g/mol. The Morgan fingerprint density at radius 1 is 0.853 bits per heavy atom. The van der Waals surface area contributed by atoms with Gasteiger partial charge in [0.1, 0.15) is 6.61 Å². The highest BCUT2D eigenvalue weighted by molar-refractivity contribution is 7.80. The second-order valence-electron chi connectivity index (χ2n) is 7.52. The zero-order valence-electron chi connectivity index (χ0n) is 18.2. The molecule has 170 valence electrons. The molecule has 0 aliphatic heterocycles. The molecule has 4 rings (SSSR count). The lowest BCUT2D eigenvalue weighted by atomic mass is 9.97. The highest BCUT2D eigenvalue weighted by atomic mass is 32.1. The van der Waals surface area contributed by atoms with Gasteiger partial charge in [0, 0.05) is 28.4 Å². The number of rotatable bonds is 7. The Bertz CT molecular complexity index is 1250. The van der Waals surface area contributed by atoms with E-state index >= 15 is 0 Å². The van der Waals surface area contributed by atoms with Crippen LogP contribution in [0.5, 0.6) is 0 Å². The minimum absolute atomic E-state index is 0.118. The first-order valence-electron chi connectivity index (χ1n) is 10.7. The lowest BCUT2D eigenvalue weighted by Gasteiger charge is -2.20. The third-order valence-corrected chi connectivity index (χ3v) is 5.54. The van der Waals surface area contributed by atoms with Gasteiger partial charge >= 0.3 is 6.09 Å². The SMILES string of the molecule is O=C(N[C@@H](c1ccccc1)c1ccc(C(=O)Nc2ccccc2S)cc1)OCc1cccnc1. The number of carbonyl (C=O) groups is 2. The number of nitrogens with zero attached hydrogens (tertiary/aromatic N) is 1. The summed E-state index contributed by atoms with van der Waals surface area (Å²) in [5.74, 6) is -0.242. The van der Waals surface area contributed by atoms with Crippen LogP contribution >= 0.6 is 12.6 Å². The molecule has 2 N–H and O–H groups in total. The molecule has 0 saturated carbocycles. The normalized spacial score (nSPS) is 11.3. The number of hydrogen-bond donors (Lipinski definition) is 3. The molecule has 4 aromatic rings. The number of para-hydroxylation sites is 1. The van der Waals surface area contributed by atoms with Crippen molar-refractivity contribution < 1.29 is 14.3 Å². The summed E-state index contributed by atoms with van der Waals surface area (Å²) in [7, 11) is 0. The third-order valence-electron chi connectivity index (χ3n) is 5.15. The molecule has 0 spiro atoms. The Morgan fingerprint density at radius 3 is 2.26 bits per heavy atom. The molecule has 6 nitrogen and oxygen atoms in total. The summed E-state index contributed by atoms with van der Waals surface area (Å²) in [4.78, 5) is 29.9. The van der Waals surface area contributed by atoms with Gasteiger partial charge in [-0.3, -0.25) is 9.78 Å². The van der Waals surface area contributed by atoms with Crippen LogP contribution in [0.1, 0.15) is 33.1 Å². The first kappa shape index (κ1) is 23.1. The minimum Gasteiger partial charge on any atom is -0.445 e. The molecule has 1 heterocycles. The number of amides is 2. The van der Waals surface area contributed by atoms with Crippen LogP contribution in [0.4, 0.5) is 10.5 Å². The van der Waals surface area contributed by atoms with Crippen LogP contribution in [0.25, 0.3) is 0 Å². The number of nitrogens with one attached hydrogen (secondary N) is 2. The van der Waals surface area contributed by atoms with Crippen molar-refractivity contribution in [1.29, 1.82) is 0 Å². The smallest absolute Gasteiger partial charge is 0.408 e. The number of alkyl carbamates (subject to hydrolysis) is 1. The molecule has 0 aliphatic rings. The summed E-state index contributed by atoms with van der Waals surface area (Å²) < 4.78 is 5.38. The largest absolute Gasteiger partial charge is 0.445 e. The predicted molar refractivity (Wildman–Crippen MR) is 134 cm³/mol. The van der Waals surface area contributed by atoms with Crippen molar-refractivity contribution in [2.24, 2.45) is 0 Å². The summed E-state index contributed by atoms with van der Waals surface area (Å²) in [5, 5.41) is 5.78. The number of hydrogen-bond acceptors (Lipinski definition) is 5. The molecule has 3 aromatic carbocycles. The van der Waals surface area contributed by atoms with Crippen molar-refractivity contribution >= 4 is 30.3 Å². The molecule has 1 aromatic heterocycles. The van der Waals surface area contributed by atoms with Gasteiger partial charge in [-0.25, -0.2) is 4.79 Å². The van der Waals surface area contributed by atoms with Gasteiger partial charge in [-0.2, -0.15) is 0 Å². The number of ether oxygens (including phenoxy) is 1. The molecule has 34 heavy (non-hydrogen) atoms. The van der Waals surface area contributed by atoms with Crippen molar-refractivity contribution in [3.8, 4) is 0 Å². The average molecular weight is 470 g/mol. The molecule has 0 unspecified atom stereocenters. The van der Waals surface area contributed by atoms with E-state index in [-0.39, 0.29) is 12.5 Å². The van der Waals surface area contributed by atoms with Crippen LogP contribution in [0.2, 0.25) is 0 Å². The van der Waals surface area contributed by atoms with Crippen LogP contribution in [0, 0.1) is 0 Å². The molecule has 0 saturated heterocycles. The summed E-state index contributed by atoms with van der Waals surface area (Å²) in [6.45, 7) is 0.118. The van der Waals surface area contributed by atoms with Crippen LogP contribution in [0.15, 0.2) is 108 Å². The van der Waals surface area contributed by atoms with E-state index in [1.807, 2.05) is 66.7 Å². The molecule has 1 atom stereocenters. The van der Waals surface area contributed by atoms with Gasteiger partial charge < -0.3 is 15.4 Å². The molecule has 0 bridgehead atoms. The van der Waals surface area contributed by atoms with Gasteiger partial charge in [-0.1, -0.05) is 60.7 Å². The Balaban J connectivity index is 1.48. The number of aromatic nitrogens is 1. The van der Waals surface area contributed by atoms with Crippen molar-refractivity contribution in [3.63, 3.8) is 0 Å². The van der Waals surface area contributed by atoms with E-state index in [0.29, 0.717) is 16.1 Å². The van der Waals surface area contributed by atoms with Gasteiger partial charge in [0.2, 0.25) is 0 Å². The Kier molecular flexibility index (Phi) is 7.57. The van der Waals surface area contributed by atoms with Gasteiger partial charge in [0.05, 0.1) is 11.7 Å². The van der Waals surface area contributed by atoms with Gasteiger partial charge in [-0.15, -0.1) is 12.6 Å². The minimum atomic E-state index is -0.551. The summed E-state index contributed by atoms with van der Waals surface area (Å²) in [6.07, 6.45) is 2.76. The number of pyridine rings is 1.